The lowest BCUT2D eigenvalue weighted by molar-refractivity contribution is -0.143. The summed E-state index contributed by atoms with van der Waals surface area (Å²) >= 11 is 0. The lowest BCUT2D eigenvalue weighted by Gasteiger charge is -2.22. The molecule has 62 heavy (non-hydrogen) atoms. The number of carbonyl (C=O) groups excluding carboxylic acids is 2. The topological polar surface area (TPSA) is 95.9 Å². The van der Waals surface area contributed by atoms with Gasteiger partial charge in [-0.05, 0) is 77.0 Å². The first-order valence-electron chi connectivity index (χ1n) is 27.6. The van der Waals surface area contributed by atoms with Gasteiger partial charge in [-0.15, -0.1) is 0 Å². The number of hydrogen-bond donors (Lipinski definition) is 3. The largest absolute Gasteiger partial charge is 0.466 e. The molecular formula is C56H107NO5. The maximum atomic E-state index is 12.4. The van der Waals surface area contributed by atoms with Gasteiger partial charge in [0.2, 0.25) is 5.91 Å². The summed E-state index contributed by atoms with van der Waals surface area (Å²) in [6.45, 7) is 4.92. The monoisotopic (exact) mass is 874 g/mol. The van der Waals surface area contributed by atoms with E-state index < -0.39 is 12.1 Å². The first kappa shape index (κ1) is 60.3. The van der Waals surface area contributed by atoms with Crippen molar-refractivity contribution < 1.29 is 24.5 Å². The first-order chi connectivity index (χ1) is 30.5. The Balaban J connectivity index is 3.45. The van der Waals surface area contributed by atoms with Crippen molar-refractivity contribution in [3.8, 4) is 0 Å². The van der Waals surface area contributed by atoms with E-state index in [1.807, 2.05) is 0 Å². The molecule has 2 atom stereocenters. The second kappa shape index (κ2) is 52.0. The van der Waals surface area contributed by atoms with Gasteiger partial charge in [0.15, 0.2) is 0 Å². The Bertz CT molecular complexity index is 966. The van der Waals surface area contributed by atoms with Crippen molar-refractivity contribution >= 4 is 11.9 Å². The summed E-state index contributed by atoms with van der Waals surface area (Å²) in [7, 11) is 0. The third-order valence-corrected chi connectivity index (χ3v) is 12.7. The Morgan fingerprint density at radius 2 is 0.758 bits per heavy atom. The van der Waals surface area contributed by atoms with Crippen LogP contribution >= 0.6 is 0 Å². The molecule has 6 nitrogen and oxygen atoms in total. The van der Waals surface area contributed by atoms with E-state index in [0.29, 0.717) is 25.9 Å². The van der Waals surface area contributed by atoms with Gasteiger partial charge in [-0.1, -0.05) is 231 Å². The number of hydrogen-bond acceptors (Lipinski definition) is 5. The summed E-state index contributed by atoms with van der Waals surface area (Å²) in [6.07, 6.45) is 61.5. The molecule has 0 aliphatic heterocycles. The Morgan fingerprint density at radius 3 is 1.15 bits per heavy atom. The predicted octanol–water partition coefficient (Wildman–Crippen LogP) is 16.7. The number of aliphatic hydroxyl groups excluding tert-OH is 2. The smallest absolute Gasteiger partial charge is 0.305 e. The van der Waals surface area contributed by atoms with Gasteiger partial charge in [-0.3, -0.25) is 9.59 Å². The zero-order valence-corrected chi connectivity index (χ0v) is 41.6. The summed E-state index contributed by atoms with van der Waals surface area (Å²) in [6, 6.07) is -0.549. The number of aliphatic hydroxyl groups is 2. The third kappa shape index (κ3) is 47.8. The minimum atomic E-state index is -0.671. The van der Waals surface area contributed by atoms with Crippen LogP contribution in [0.4, 0.5) is 0 Å². The second-order valence-corrected chi connectivity index (χ2v) is 18.9. The van der Waals surface area contributed by atoms with E-state index >= 15 is 0 Å². The zero-order valence-electron chi connectivity index (χ0n) is 41.6. The first-order valence-corrected chi connectivity index (χ1v) is 27.6. The average molecular weight is 874 g/mol. The summed E-state index contributed by atoms with van der Waals surface area (Å²) in [5.74, 6) is -0.0569. The van der Waals surface area contributed by atoms with E-state index in [1.165, 1.54) is 205 Å². The molecule has 0 aromatic carbocycles. The standard InChI is InChI=1S/C56H107NO5/c1-3-5-7-9-11-13-15-17-21-26-30-34-38-42-46-50-56(61)62-51-47-43-39-35-31-27-23-20-18-19-22-25-29-33-37-41-45-49-55(60)57-53(52-58)54(59)48-44-40-36-32-28-24-16-14-12-10-8-6-4-2/h17-18,20-21,53-54,58-59H,3-16,19,22-52H2,1-2H3,(H,57,60)/b20-18-,21-17-. The molecule has 6 heteroatoms. The van der Waals surface area contributed by atoms with Crippen molar-refractivity contribution in [3.05, 3.63) is 24.3 Å². The number of carbonyl (C=O) groups is 2. The van der Waals surface area contributed by atoms with Gasteiger partial charge >= 0.3 is 5.97 Å². The number of rotatable bonds is 51. The van der Waals surface area contributed by atoms with E-state index in [2.05, 4.69) is 43.5 Å². The molecule has 0 saturated carbocycles. The molecule has 366 valence electrons. The Morgan fingerprint density at radius 1 is 0.435 bits per heavy atom. The van der Waals surface area contributed by atoms with Crippen LogP contribution in [0.1, 0.15) is 296 Å². The van der Waals surface area contributed by atoms with Crippen molar-refractivity contribution in [2.75, 3.05) is 13.2 Å². The summed E-state index contributed by atoms with van der Waals surface area (Å²) in [5.41, 5.74) is 0. The van der Waals surface area contributed by atoms with E-state index in [4.69, 9.17) is 4.74 Å². The van der Waals surface area contributed by atoms with Crippen LogP contribution in [0.25, 0.3) is 0 Å². The molecule has 0 heterocycles. The molecule has 0 rings (SSSR count). The third-order valence-electron chi connectivity index (χ3n) is 12.7. The van der Waals surface area contributed by atoms with Crippen molar-refractivity contribution in [1.29, 1.82) is 0 Å². The average Bonchev–Trinajstić information content (AvgIpc) is 3.27. The van der Waals surface area contributed by atoms with Crippen LogP contribution in [0.3, 0.4) is 0 Å². The van der Waals surface area contributed by atoms with Crippen LogP contribution in [-0.2, 0) is 14.3 Å². The number of allylic oxidation sites excluding steroid dienone is 4. The highest BCUT2D eigenvalue weighted by atomic mass is 16.5. The highest BCUT2D eigenvalue weighted by Crippen LogP contribution is 2.16. The number of ether oxygens (including phenoxy) is 1. The molecule has 0 aromatic rings. The fraction of sp³-hybridized carbons (Fsp3) is 0.893. The van der Waals surface area contributed by atoms with Gasteiger partial charge in [0.25, 0.3) is 0 Å². The van der Waals surface area contributed by atoms with Crippen molar-refractivity contribution in [3.63, 3.8) is 0 Å². The lowest BCUT2D eigenvalue weighted by atomic mass is 10.0. The number of esters is 1. The molecule has 0 spiro atoms. The van der Waals surface area contributed by atoms with E-state index in [-0.39, 0.29) is 18.5 Å². The molecular weight excluding hydrogens is 767 g/mol. The Labute approximate surface area is 386 Å². The summed E-state index contributed by atoms with van der Waals surface area (Å²) < 4.78 is 5.46. The van der Waals surface area contributed by atoms with Gasteiger partial charge in [0, 0.05) is 12.8 Å². The fourth-order valence-corrected chi connectivity index (χ4v) is 8.45. The van der Waals surface area contributed by atoms with Crippen LogP contribution < -0.4 is 5.32 Å². The SMILES string of the molecule is CCCCCCCC/C=C\CCCCCCCC(=O)OCCCCCCCC/C=C\CCCCCCCCCC(=O)NC(CO)C(O)CCCCCCCCCCCCCCC. The second-order valence-electron chi connectivity index (χ2n) is 18.9. The molecule has 0 aliphatic carbocycles. The normalized spacial score (nSPS) is 12.8. The van der Waals surface area contributed by atoms with Gasteiger partial charge < -0.3 is 20.3 Å². The fourth-order valence-electron chi connectivity index (χ4n) is 8.45. The zero-order chi connectivity index (χ0) is 45.1. The van der Waals surface area contributed by atoms with Gasteiger partial charge in [0.1, 0.15) is 0 Å². The van der Waals surface area contributed by atoms with Crippen molar-refractivity contribution in [1.82, 2.24) is 5.32 Å². The highest BCUT2D eigenvalue weighted by Gasteiger charge is 2.20. The molecule has 0 bridgehead atoms. The summed E-state index contributed by atoms with van der Waals surface area (Å²) in [4.78, 5) is 24.5. The minimum Gasteiger partial charge on any atom is -0.466 e. The minimum absolute atomic E-state index is 0.00976. The highest BCUT2D eigenvalue weighted by molar-refractivity contribution is 5.76. The Kier molecular flexibility index (Phi) is 50.6. The van der Waals surface area contributed by atoms with Crippen LogP contribution in [-0.4, -0.2) is 47.4 Å². The molecule has 1 amide bonds. The molecule has 3 N–H and O–H groups in total. The molecule has 0 fully saturated rings. The molecule has 2 unspecified atom stereocenters. The van der Waals surface area contributed by atoms with Crippen molar-refractivity contribution in [2.45, 2.75) is 309 Å². The predicted molar refractivity (Wildman–Crippen MR) is 269 cm³/mol. The van der Waals surface area contributed by atoms with Gasteiger partial charge in [0.05, 0.1) is 25.4 Å². The molecule has 0 aliphatic rings. The quantitative estimate of drug-likeness (QED) is 0.0321. The van der Waals surface area contributed by atoms with Crippen molar-refractivity contribution in [2.24, 2.45) is 0 Å². The number of unbranched alkanes of at least 4 members (excludes halogenated alkanes) is 36. The van der Waals surface area contributed by atoms with Gasteiger partial charge in [-0.25, -0.2) is 0 Å². The summed E-state index contributed by atoms with van der Waals surface area (Å²) in [5, 5.41) is 23.2. The van der Waals surface area contributed by atoms with Crippen LogP contribution in [0.15, 0.2) is 24.3 Å². The maximum Gasteiger partial charge on any atom is 0.305 e. The van der Waals surface area contributed by atoms with Crippen LogP contribution in [0.5, 0.6) is 0 Å². The molecule has 0 radical (unpaired) electrons. The van der Waals surface area contributed by atoms with Crippen LogP contribution in [0.2, 0.25) is 0 Å². The van der Waals surface area contributed by atoms with Crippen LogP contribution in [0, 0.1) is 0 Å². The maximum absolute atomic E-state index is 12.4. The van der Waals surface area contributed by atoms with Gasteiger partial charge in [-0.2, -0.15) is 0 Å². The van der Waals surface area contributed by atoms with E-state index in [1.54, 1.807) is 0 Å². The number of amides is 1. The van der Waals surface area contributed by atoms with E-state index in [0.717, 1.165) is 57.8 Å². The van der Waals surface area contributed by atoms with E-state index in [9.17, 15) is 19.8 Å². The lowest BCUT2D eigenvalue weighted by Crippen LogP contribution is -2.45. The molecule has 0 aromatic heterocycles. The number of nitrogens with one attached hydrogen (secondary N) is 1. The molecule has 0 saturated heterocycles. The Hall–Kier alpha value is -1.66.